The number of fused-ring (bicyclic) bond motifs is 3. The summed E-state index contributed by atoms with van der Waals surface area (Å²) >= 11 is 0. The topological polar surface area (TPSA) is 38.7 Å². The van der Waals surface area contributed by atoms with Crippen molar-refractivity contribution < 1.29 is 0 Å². The highest BCUT2D eigenvalue weighted by Crippen LogP contribution is 2.43. The summed E-state index contributed by atoms with van der Waals surface area (Å²) in [4.78, 5) is 15.0. The Morgan fingerprint density at radius 2 is 0.791 bits per heavy atom. The van der Waals surface area contributed by atoms with E-state index in [1.165, 1.54) is 27.8 Å². The second kappa shape index (κ2) is 10.6. The van der Waals surface area contributed by atoms with E-state index in [-0.39, 0.29) is 0 Å². The van der Waals surface area contributed by atoms with Crippen molar-refractivity contribution in [2.75, 3.05) is 0 Å². The SMILES string of the molecule is c1ccc(-c2cc(-c3nc(-c4ccccc4)nc(-c4ccccc4)n3)cc(-c3cccc4c3Cc3ccccc3-4)c2)cc1. The summed E-state index contributed by atoms with van der Waals surface area (Å²) < 4.78 is 0. The van der Waals surface area contributed by atoms with Crippen LogP contribution in [0.25, 0.3) is 67.5 Å². The Hall–Kier alpha value is -5.67. The van der Waals surface area contributed by atoms with E-state index in [0.717, 1.165) is 39.8 Å². The maximum Gasteiger partial charge on any atom is 0.164 e. The van der Waals surface area contributed by atoms with Crippen LogP contribution in [0.4, 0.5) is 0 Å². The molecular weight excluding hydrogens is 522 g/mol. The lowest BCUT2D eigenvalue weighted by Gasteiger charge is -2.14. The molecule has 0 spiro atoms. The Labute approximate surface area is 251 Å². The molecule has 1 heterocycles. The van der Waals surface area contributed by atoms with Crippen molar-refractivity contribution in [2.45, 2.75) is 6.42 Å². The summed E-state index contributed by atoms with van der Waals surface area (Å²) in [5, 5.41) is 0. The smallest absolute Gasteiger partial charge is 0.164 e. The van der Waals surface area contributed by atoms with Crippen LogP contribution < -0.4 is 0 Å². The predicted molar refractivity (Wildman–Crippen MR) is 175 cm³/mol. The van der Waals surface area contributed by atoms with E-state index in [1.54, 1.807) is 0 Å². The molecule has 6 aromatic carbocycles. The van der Waals surface area contributed by atoms with Crippen LogP contribution in [-0.4, -0.2) is 15.0 Å². The first-order valence-corrected chi connectivity index (χ1v) is 14.6. The van der Waals surface area contributed by atoms with Crippen molar-refractivity contribution in [3.63, 3.8) is 0 Å². The zero-order chi connectivity index (χ0) is 28.6. The van der Waals surface area contributed by atoms with Crippen LogP contribution in [0.1, 0.15) is 11.1 Å². The summed E-state index contributed by atoms with van der Waals surface area (Å²) in [5.41, 5.74) is 13.0. The Bertz CT molecular complexity index is 2030. The van der Waals surface area contributed by atoms with E-state index in [4.69, 9.17) is 15.0 Å². The van der Waals surface area contributed by atoms with Gasteiger partial charge in [-0.1, -0.05) is 133 Å². The standard InChI is InChI=1S/C40H27N3/c1-4-13-27(14-5-1)31-23-32(35-21-12-22-36-34-20-11-10-19-30(34)26-37(35)36)25-33(24-31)40-42-38(28-15-6-2-7-16-28)41-39(43-40)29-17-8-3-9-18-29/h1-25H,26H2. The van der Waals surface area contributed by atoms with E-state index in [0.29, 0.717) is 17.5 Å². The molecule has 8 rings (SSSR count). The van der Waals surface area contributed by atoms with Gasteiger partial charge in [0, 0.05) is 16.7 Å². The van der Waals surface area contributed by atoms with Crippen molar-refractivity contribution in [3.8, 4) is 67.5 Å². The van der Waals surface area contributed by atoms with Crippen LogP contribution in [0.15, 0.2) is 152 Å². The van der Waals surface area contributed by atoms with Crippen LogP contribution in [0.3, 0.4) is 0 Å². The maximum atomic E-state index is 5.05. The Morgan fingerprint density at radius 1 is 0.326 bits per heavy atom. The number of rotatable bonds is 5. The van der Waals surface area contributed by atoms with Gasteiger partial charge in [-0.25, -0.2) is 15.0 Å². The molecule has 0 unspecified atom stereocenters. The largest absolute Gasteiger partial charge is 0.208 e. The van der Waals surface area contributed by atoms with Crippen LogP contribution >= 0.6 is 0 Å². The van der Waals surface area contributed by atoms with Gasteiger partial charge in [-0.2, -0.15) is 0 Å². The summed E-state index contributed by atoms with van der Waals surface area (Å²) in [6, 6.07) is 53.0. The van der Waals surface area contributed by atoms with Crippen LogP contribution in [0, 0.1) is 0 Å². The highest BCUT2D eigenvalue weighted by molar-refractivity contribution is 5.88. The van der Waals surface area contributed by atoms with Gasteiger partial charge in [0.2, 0.25) is 0 Å². The number of nitrogens with zero attached hydrogens (tertiary/aromatic N) is 3. The first kappa shape index (κ1) is 25.1. The average molecular weight is 550 g/mol. The Balaban J connectivity index is 1.35. The molecule has 0 aliphatic heterocycles. The molecule has 0 atom stereocenters. The molecule has 43 heavy (non-hydrogen) atoms. The minimum absolute atomic E-state index is 0.655. The molecule has 0 N–H and O–H groups in total. The monoisotopic (exact) mass is 549 g/mol. The second-order valence-electron chi connectivity index (χ2n) is 10.9. The van der Waals surface area contributed by atoms with E-state index >= 15 is 0 Å². The molecule has 0 saturated carbocycles. The molecule has 1 aromatic heterocycles. The van der Waals surface area contributed by atoms with Gasteiger partial charge in [0.1, 0.15) is 0 Å². The molecule has 0 bridgehead atoms. The molecular formula is C40H27N3. The van der Waals surface area contributed by atoms with Crippen molar-refractivity contribution in [1.29, 1.82) is 0 Å². The number of hydrogen-bond donors (Lipinski definition) is 0. The quantitative estimate of drug-likeness (QED) is 0.214. The summed E-state index contributed by atoms with van der Waals surface area (Å²) in [5.74, 6) is 1.97. The first-order chi connectivity index (χ1) is 21.3. The lowest BCUT2D eigenvalue weighted by atomic mass is 9.91. The molecule has 0 saturated heterocycles. The van der Waals surface area contributed by atoms with Gasteiger partial charge in [-0.15, -0.1) is 0 Å². The molecule has 0 radical (unpaired) electrons. The normalized spacial score (nSPS) is 11.6. The molecule has 202 valence electrons. The summed E-state index contributed by atoms with van der Waals surface area (Å²) in [7, 11) is 0. The molecule has 1 aliphatic carbocycles. The van der Waals surface area contributed by atoms with Gasteiger partial charge in [0.05, 0.1) is 0 Å². The van der Waals surface area contributed by atoms with Crippen LogP contribution in [0.5, 0.6) is 0 Å². The Morgan fingerprint density at radius 3 is 1.44 bits per heavy atom. The summed E-state index contributed by atoms with van der Waals surface area (Å²) in [6.45, 7) is 0. The third-order valence-corrected chi connectivity index (χ3v) is 8.16. The Kier molecular flexibility index (Phi) is 6.20. The minimum atomic E-state index is 0.655. The molecule has 3 heteroatoms. The highest BCUT2D eigenvalue weighted by Gasteiger charge is 2.22. The molecule has 0 fully saturated rings. The van der Waals surface area contributed by atoms with Crippen molar-refractivity contribution in [3.05, 3.63) is 163 Å². The van der Waals surface area contributed by atoms with Crippen molar-refractivity contribution >= 4 is 0 Å². The number of benzene rings is 6. The molecule has 3 nitrogen and oxygen atoms in total. The molecule has 1 aliphatic rings. The minimum Gasteiger partial charge on any atom is -0.208 e. The fourth-order valence-corrected chi connectivity index (χ4v) is 6.07. The van der Waals surface area contributed by atoms with Crippen LogP contribution in [0.2, 0.25) is 0 Å². The third-order valence-electron chi connectivity index (χ3n) is 8.16. The van der Waals surface area contributed by atoms with E-state index in [2.05, 4.69) is 91.0 Å². The average Bonchev–Trinajstić information content (AvgIpc) is 3.48. The zero-order valence-corrected chi connectivity index (χ0v) is 23.5. The van der Waals surface area contributed by atoms with Crippen molar-refractivity contribution in [2.24, 2.45) is 0 Å². The first-order valence-electron chi connectivity index (χ1n) is 14.6. The number of aromatic nitrogens is 3. The summed E-state index contributed by atoms with van der Waals surface area (Å²) in [6.07, 6.45) is 0.925. The molecule has 7 aromatic rings. The van der Waals surface area contributed by atoms with Crippen LogP contribution in [-0.2, 0) is 6.42 Å². The van der Waals surface area contributed by atoms with E-state index in [1.807, 2.05) is 60.7 Å². The van der Waals surface area contributed by atoms with E-state index in [9.17, 15) is 0 Å². The number of hydrogen-bond acceptors (Lipinski definition) is 3. The van der Waals surface area contributed by atoms with Gasteiger partial charge in [0.25, 0.3) is 0 Å². The lowest BCUT2D eigenvalue weighted by molar-refractivity contribution is 1.07. The zero-order valence-electron chi connectivity index (χ0n) is 23.5. The predicted octanol–water partition coefficient (Wildman–Crippen LogP) is 9.78. The maximum absolute atomic E-state index is 5.05. The lowest BCUT2D eigenvalue weighted by Crippen LogP contribution is -2.00. The third kappa shape index (κ3) is 4.71. The van der Waals surface area contributed by atoms with Gasteiger partial charge in [0.15, 0.2) is 17.5 Å². The highest BCUT2D eigenvalue weighted by atomic mass is 15.0. The fourth-order valence-electron chi connectivity index (χ4n) is 6.07. The van der Waals surface area contributed by atoms with Gasteiger partial charge < -0.3 is 0 Å². The van der Waals surface area contributed by atoms with Gasteiger partial charge in [-0.05, 0) is 69.1 Å². The van der Waals surface area contributed by atoms with Gasteiger partial charge in [-0.3, -0.25) is 0 Å². The van der Waals surface area contributed by atoms with Gasteiger partial charge >= 0.3 is 0 Å². The van der Waals surface area contributed by atoms with E-state index < -0.39 is 0 Å². The molecule has 0 amide bonds. The van der Waals surface area contributed by atoms with Crippen molar-refractivity contribution in [1.82, 2.24) is 15.0 Å². The second-order valence-corrected chi connectivity index (χ2v) is 10.9. The fraction of sp³-hybridized carbons (Fsp3) is 0.0250.